The maximum Gasteiger partial charge on any atom is 0.142 e. The third kappa shape index (κ3) is 3.74. The minimum Gasteiger partial charge on any atom is -0.307 e. The summed E-state index contributed by atoms with van der Waals surface area (Å²) in [7, 11) is 0. The molecule has 1 N–H and O–H groups in total. The maximum atomic E-state index is 4.62. The number of thiazole rings is 1. The van der Waals surface area contributed by atoms with E-state index in [4.69, 9.17) is 0 Å². The van der Waals surface area contributed by atoms with Crippen molar-refractivity contribution in [2.45, 2.75) is 20.0 Å². The Morgan fingerprint density at radius 1 is 1.05 bits per heavy atom. The van der Waals surface area contributed by atoms with Gasteiger partial charge >= 0.3 is 0 Å². The minimum absolute atomic E-state index is 0.775. The molecule has 2 heterocycles. The van der Waals surface area contributed by atoms with Crippen LogP contribution in [-0.2, 0) is 13.1 Å². The maximum absolute atomic E-state index is 4.62. The van der Waals surface area contributed by atoms with Gasteiger partial charge in [0.05, 0.1) is 11.4 Å². The van der Waals surface area contributed by atoms with Crippen LogP contribution < -0.4 is 5.32 Å². The summed E-state index contributed by atoms with van der Waals surface area (Å²) in [4.78, 5) is 8.95. The van der Waals surface area contributed by atoms with Gasteiger partial charge < -0.3 is 5.32 Å². The Morgan fingerprint density at radius 3 is 2.67 bits per heavy atom. The van der Waals surface area contributed by atoms with Crippen LogP contribution in [0.4, 0.5) is 0 Å². The van der Waals surface area contributed by atoms with Crippen LogP contribution in [0.25, 0.3) is 10.7 Å². The highest BCUT2D eigenvalue weighted by atomic mass is 32.1. The lowest BCUT2D eigenvalue weighted by atomic mass is 10.1. The topological polar surface area (TPSA) is 37.8 Å². The van der Waals surface area contributed by atoms with Crippen molar-refractivity contribution in [2.24, 2.45) is 0 Å². The molecule has 0 fully saturated rings. The Labute approximate surface area is 128 Å². The smallest absolute Gasteiger partial charge is 0.142 e. The van der Waals surface area contributed by atoms with Gasteiger partial charge in [-0.05, 0) is 24.6 Å². The lowest BCUT2D eigenvalue weighted by Gasteiger charge is -2.03. The Kier molecular flexibility index (Phi) is 4.38. The monoisotopic (exact) mass is 295 g/mol. The van der Waals surface area contributed by atoms with Crippen LogP contribution in [0.1, 0.15) is 16.8 Å². The summed E-state index contributed by atoms with van der Waals surface area (Å²) in [6.07, 6.45) is 1.80. The number of hydrogen-bond acceptors (Lipinski definition) is 4. The molecule has 0 saturated heterocycles. The lowest BCUT2D eigenvalue weighted by molar-refractivity contribution is 0.683. The van der Waals surface area contributed by atoms with E-state index >= 15 is 0 Å². The van der Waals surface area contributed by atoms with E-state index in [1.165, 1.54) is 11.1 Å². The van der Waals surface area contributed by atoms with Crippen LogP contribution >= 0.6 is 11.3 Å². The number of rotatable bonds is 5. The third-order valence-corrected chi connectivity index (χ3v) is 4.11. The van der Waals surface area contributed by atoms with Crippen LogP contribution in [-0.4, -0.2) is 9.97 Å². The van der Waals surface area contributed by atoms with Crippen molar-refractivity contribution in [3.63, 3.8) is 0 Å². The minimum atomic E-state index is 0.775. The molecule has 106 valence electrons. The predicted molar refractivity (Wildman–Crippen MR) is 87.1 cm³/mol. The standard InChI is InChI=1S/C17H17N3S/c1-13-5-7-14(8-6-13)10-18-11-15-12-21-17(20-15)16-4-2-3-9-19-16/h2-9,12,18H,10-11H2,1H3. The van der Waals surface area contributed by atoms with Crippen molar-refractivity contribution >= 4 is 11.3 Å². The van der Waals surface area contributed by atoms with E-state index in [2.05, 4.69) is 51.9 Å². The molecule has 2 aromatic heterocycles. The highest BCUT2D eigenvalue weighted by Crippen LogP contribution is 2.21. The Morgan fingerprint density at radius 2 is 1.90 bits per heavy atom. The quantitative estimate of drug-likeness (QED) is 0.778. The highest BCUT2D eigenvalue weighted by Gasteiger charge is 2.05. The van der Waals surface area contributed by atoms with Crippen LogP contribution in [0.3, 0.4) is 0 Å². The van der Waals surface area contributed by atoms with Crippen molar-refractivity contribution in [3.05, 3.63) is 70.9 Å². The number of aromatic nitrogens is 2. The molecule has 0 amide bonds. The van der Waals surface area contributed by atoms with Gasteiger partial charge in [-0.3, -0.25) is 4.98 Å². The van der Waals surface area contributed by atoms with Gasteiger partial charge in [0.15, 0.2) is 0 Å². The number of aryl methyl sites for hydroxylation is 1. The normalized spacial score (nSPS) is 10.7. The van der Waals surface area contributed by atoms with E-state index < -0.39 is 0 Å². The molecular formula is C17H17N3S. The summed E-state index contributed by atoms with van der Waals surface area (Å²) >= 11 is 1.64. The summed E-state index contributed by atoms with van der Waals surface area (Å²) in [5, 5.41) is 6.49. The average Bonchev–Trinajstić information content (AvgIpc) is 2.99. The summed E-state index contributed by atoms with van der Waals surface area (Å²) < 4.78 is 0. The first-order valence-corrected chi connectivity index (χ1v) is 7.81. The molecule has 3 rings (SSSR count). The molecule has 3 aromatic rings. The van der Waals surface area contributed by atoms with Gasteiger partial charge in [0.25, 0.3) is 0 Å². The van der Waals surface area contributed by atoms with E-state index in [-0.39, 0.29) is 0 Å². The zero-order valence-electron chi connectivity index (χ0n) is 11.9. The molecule has 0 aliphatic carbocycles. The van der Waals surface area contributed by atoms with Crippen molar-refractivity contribution in [2.75, 3.05) is 0 Å². The first-order valence-electron chi connectivity index (χ1n) is 6.93. The van der Waals surface area contributed by atoms with Crippen LogP contribution in [0.15, 0.2) is 54.0 Å². The fraction of sp³-hybridized carbons (Fsp3) is 0.176. The first kappa shape index (κ1) is 13.9. The number of benzene rings is 1. The van der Waals surface area contributed by atoms with Crippen molar-refractivity contribution in [3.8, 4) is 10.7 Å². The first-order chi connectivity index (χ1) is 10.3. The second-order valence-electron chi connectivity index (χ2n) is 4.95. The molecular weight excluding hydrogens is 278 g/mol. The van der Waals surface area contributed by atoms with Crippen molar-refractivity contribution in [1.82, 2.24) is 15.3 Å². The molecule has 21 heavy (non-hydrogen) atoms. The molecule has 0 unspecified atom stereocenters. The highest BCUT2D eigenvalue weighted by molar-refractivity contribution is 7.13. The SMILES string of the molecule is Cc1ccc(CNCc2csc(-c3ccccn3)n2)cc1. The Balaban J connectivity index is 1.57. The molecule has 0 aliphatic rings. The fourth-order valence-corrected chi connectivity index (χ4v) is 2.83. The zero-order valence-corrected chi connectivity index (χ0v) is 12.7. The third-order valence-electron chi connectivity index (χ3n) is 3.19. The fourth-order valence-electron chi connectivity index (χ4n) is 2.04. The zero-order chi connectivity index (χ0) is 14.5. The van der Waals surface area contributed by atoms with Crippen LogP contribution in [0, 0.1) is 6.92 Å². The van der Waals surface area contributed by atoms with Crippen LogP contribution in [0.5, 0.6) is 0 Å². The number of nitrogens with zero attached hydrogens (tertiary/aromatic N) is 2. The predicted octanol–water partition coefficient (Wildman–Crippen LogP) is 3.80. The second-order valence-corrected chi connectivity index (χ2v) is 5.81. The summed E-state index contributed by atoms with van der Waals surface area (Å²) in [5.74, 6) is 0. The Bertz CT molecular complexity index is 690. The molecule has 0 bridgehead atoms. The summed E-state index contributed by atoms with van der Waals surface area (Å²) in [6.45, 7) is 3.74. The van der Waals surface area contributed by atoms with Gasteiger partial charge in [-0.2, -0.15) is 0 Å². The molecule has 1 aromatic carbocycles. The van der Waals surface area contributed by atoms with Gasteiger partial charge in [-0.1, -0.05) is 35.9 Å². The van der Waals surface area contributed by atoms with E-state index in [1.54, 1.807) is 17.5 Å². The van der Waals surface area contributed by atoms with Gasteiger partial charge in [-0.15, -0.1) is 11.3 Å². The average molecular weight is 295 g/mol. The largest absolute Gasteiger partial charge is 0.307 e. The van der Waals surface area contributed by atoms with E-state index in [1.807, 2.05) is 18.2 Å². The molecule has 0 spiro atoms. The molecule has 0 radical (unpaired) electrons. The second kappa shape index (κ2) is 6.61. The van der Waals surface area contributed by atoms with E-state index in [9.17, 15) is 0 Å². The number of hydrogen-bond donors (Lipinski definition) is 1. The van der Waals surface area contributed by atoms with Gasteiger partial charge in [0.2, 0.25) is 0 Å². The van der Waals surface area contributed by atoms with Crippen molar-refractivity contribution in [1.29, 1.82) is 0 Å². The molecule has 0 aliphatic heterocycles. The summed E-state index contributed by atoms with van der Waals surface area (Å²) in [5.41, 5.74) is 4.58. The lowest BCUT2D eigenvalue weighted by Crippen LogP contribution is -2.12. The van der Waals surface area contributed by atoms with Gasteiger partial charge in [-0.25, -0.2) is 4.98 Å². The molecule has 3 nitrogen and oxygen atoms in total. The number of nitrogens with one attached hydrogen (secondary N) is 1. The van der Waals surface area contributed by atoms with Gasteiger partial charge in [0, 0.05) is 24.7 Å². The Hall–Kier alpha value is -2.04. The molecule has 0 atom stereocenters. The summed E-state index contributed by atoms with van der Waals surface area (Å²) in [6, 6.07) is 14.5. The number of pyridine rings is 1. The van der Waals surface area contributed by atoms with Crippen molar-refractivity contribution < 1.29 is 0 Å². The van der Waals surface area contributed by atoms with E-state index in [0.29, 0.717) is 0 Å². The molecule has 4 heteroatoms. The van der Waals surface area contributed by atoms with Gasteiger partial charge in [0.1, 0.15) is 5.01 Å². The van der Waals surface area contributed by atoms with Crippen LogP contribution in [0.2, 0.25) is 0 Å². The molecule has 0 saturated carbocycles. The van der Waals surface area contributed by atoms with E-state index in [0.717, 1.165) is 29.5 Å².